The maximum absolute atomic E-state index is 12.6. The molecule has 0 spiro atoms. The smallest absolute Gasteiger partial charge is 0.416 e. The summed E-state index contributed by atoms with van der Waals surface area (Å²) in [6.07, 6.45) is -0.465. The van der Waals surface area contributed by atoms with Gasteiger partial charge < -0.3 is 15.0 Å². The normalized spacial score (nSPS) is 14.5. The number of nitrogens with zero attached hydrogens (tertiary/aromatic N) is 1. The van der Waals surface area contributed by atoms with Crippen molar-refractivity contribution >= 4 is 29.3 Å². The summed E-state index contributed by atoms with van der Waals surface area (Å²) in [6, 6.07) is 9.48. The second-order valence-corrected chi connectivity index (χ2v) is 6.48. The molecule has 152 valence electrons. The zero-order valence-electron chi connectivity index (χ0n) is 15.6. The monoisotopic (exact) mass is 404 g/mol. The fraction of sp³-hybridized carbons (Fsp3) is 0.238. The van der Waals surface area contributed by atoms with Gasteiger partial charge in [-0.3, -0.25) is 9.59 Å². The molecule has 2 amide bonds. The van der Waals surface area contributed by atoms with Crippen molar-refractivity contribution in [3.05, 3.63) is 59.7 Å². The van der Waals surface area contributed by atoms with Crippen LogP contribution < -0.4 is 15.0 Å². The summed E-state index contributed by atoms with van der Waals surface area (Å²) in [5.74, 6) is 0.0429. The molecule has 1 fully saturated rings. The van der Waals surface area contributed by atoms with Gasteiger partial charge in [0.2, 0.25) is 11.8 Å². The van der Waals surface area contributed by atoms with E-state index in [1.54, 1.807) is 23.1 Å². The van der Waals surface area contributed by atoms with Gasteiger partial charge in [0.15, 0.2) is 0 Å². The van der Waals surface area contributed by atoms with Crippen molar-refractivity contribution in [2.45, 2.75) is 19.0 Å². The molecule has 0 aliphatic carbocycles. The number of methoxy groups -OCH3 is 1. The van der Waals surface area contributed by atoms with Gasteiger partial charge in [-0.15, -0.1) is 0 Å². The first-order valence-corrected chi connectivity index (χ1v) is 8.92. The number of alkyl halides is 3. The molecular formula is C21H19F3N2O3. The summed E-state index contributed by atoms with van der Waals surface area (Å²) in [5, 5.41) is 2.66. The molecule has 1 aliphatic rings. The van der Waals surface area contributed by atoms with Crippen LogP contribution in [0.2, 0.25) is 0 Å². The van der Waals surface area contributed by atoms with E-state index in [0.717, 1.165) is 18.6 Å². The summed E-state index contributed by atoms with van der Waals surface area (Å²) >= 11 is 0. The molecule has 1 N–H and O–H groups in total. The van der Waals surface area contributed by atoms with Crippen LogP contribution in [0.5, 0.6) is 5.75 Å². The molecule has 0 aromatic heterocycles. The Morgan fingerprint density at radius 1 is 1.17 bits per heavy atom. The topological polar surface area (TPSA) is 58.6 Å². The highest BCUT2D eigenvalue weighted by molar-refractivity contribution is 6.02. The van der Waals surface area contributed by atoms with E-state index >= 15 is 0 Å². The molecular weight excluding hydrogens is 385 g/mol. The average Bonchev–Trinajstić information content (AvgIpc) is 3.11. The third-order valence-corrected chi connectivity index (χ3v) is 4.48. The van der Waals surface area contributed by atoms with Gasteiger partial charge in [0.1, 0.15) is 5.75 Å². The number of hydrogen-bond acceptors (Lipinski definition) is 3. The van der Waals surface area contributed by atoms with Gasteiger partial charge in [-0.05, 0) is 42.3 Å². The number of rotatable bonds is 5. The summed E-state index contributed by atoms with van der Waals surface area (Å²) < 4.78 is 43.1. The molecule has 0 atom stereocenters. The molecule has 2 aromatic carbocycles. The Labute approximate surface area is 165 Å². The molecule has 2 aromatic rings. The first-order valence-electron chi connectivity index (χ1n) is 8.92. The average molecular weight is 404 g/mol. The lowest BCUT2D eigenvalue weighted by molar-refractivity contribution is -0.137. The Morgan fingerprint density at radius 2 is 1.90 bits per heavy atom. The molecule has 0 radical (unpaired) electrons. The predicted molar refractivity (Wildman–Crippen MR) is 104 cm³/mol. The lowest BCUT2D eigenvalue weighted by atomic mass is 10.1. The maximum Gasteiger partial charge on any atom is 0.416 e. The van der Waals surface area contributed by atoms with Crippen LogP contribution in [0.4, 0.5) is 24.5 Å². The lowest BCUT2D eigenvalue weighted by Gasteiger charge is -2.19. The van der Waals surface area contributed by atoms with Gasteiger partial charge in [-0.1, -0.05) is 12.1 Å². The first kappa shape index (κ1) is 20.4. The molecule has 1 aliphatic heterocycles. The van der Waals surface area contributed by atoms with Crippen LogP contribution in [0.25, 0.3) is 6.08 Å². The van der Waals surface area contributed by atoms with Crippen LogP contribution in [-0.2, 0) is 15.8 Å². The summed E-state index contributed by atoms with van der Waals surface area (Å²) in [7, 11) is 1.48. The molecule has 3 rings (SSSR count). The van der Waals surface area contributed by atoms with Crippen molar-refractivity contribution in [1.29, 1.82) is 0 Å². The number of amides is 2. The number of benzene rings is 2. The zero-order valence-corrected chi connectivity index (χ0v) is 15.6. The maximum atomic E-state index is 12.6. The number of carbonyl (C=O) groups is 2. The van der Waals surface area contributed by atoms with Gasteiger partial charge in [0.05, 0.1) is 18.4 Å². The highest BCUT2D eigenvalue weighted by Crippen LogP contribution is 2.34. The van der Waals surface area contributed by atoms with E-state index in [0.29, 0.717) is 35.7 Å². The van der Waals surface area contributed by atoms with Gasteiger partial charge in [-0.2, -0.15) is 13.2 Å². The van der Waals surface area contributed by atoms with Crippen molar-refractivity contribution in [1.82, 2.24) is 0 Å². The molecule has 0 unspecified atom stereocenters. The second-order valence-electron chi connectivity index (χ2n) is 6.48. The largest absolute Gasteiger partial charge is 0.494 e. The summed E-state index contributed by atoms with van der Waals surface area (Å²) in [4.78, 5) is 25.7. The fourth-order valence-corrected chi connectivity index (χ4v) is 3.02. The quantitative estimate of drug-likeness (QED) is 0.747. The standard InChI is InChI=1S/C21H19F3N2O3/c1-29-18-13-16(9-10-17(18)26-12-2-3-20(26)28)25-19(27)11-6-14-4-7-15(8-5-14)21(22,23)24/h4-11,13H,2-3,12H2,1H3,(H,25,27)/b11-6+. The first-order chi connectivity index (χ1) is 13.8. The molecule has 0 saturated carbocycles. The minimum atomic E-state index is -4.40. The molecule has 0 bridgehead atoms. The van der Waals surface area contributed by atoms with Crippen LogP contribution >= 0.6 is 0 Å². The van der Waals surface area contributed by atoms with Crippen LogP contribution in [0, 0.1) is 0 Å². The summed E-state index contributed by atoms with van der Waals surface area (Å²) in [5.41, 5.74) is 0.837. The third kappa shape index (κ3) is 4.96. The molecule has 29 heavy (non-hydrogen) atoms. The Hall–Kier alpha value is -3.29. The lowest BCUT2D eigenvalue weighted by Crippen LogP contribution is -2.24. The zero-order chi connectivity index (χ0) is 21.0. The third-order valence-electron chi connectivity index (χ3n) is 4.48. The van der Waals surface area contributed by atoms with Crippen LogP contribution in [0.1, 0.15) is 24.0 Å². The van der Waals surface area contributed by atoms with Gasteiger partial charge in [-0.25, -0.2) is 0 Å². The van der Waals surface area contributed by atoms with E-state index in [-0.39, 0.29) is 5.91 Å². The molecule has 1 saturated heterocycles. The van der Waals surface area contributed by atoms with E-state index in [1.165, 1.54) is 31.4 Å². The number of hydrogen-bond donors (Lipinski definition) is 1. The van der Waals surface area contributed by atoms with E-state index in [9.17, 15) is 22.8 Å². The number of halogens is 3. The van der Waals surface area contributed by atoms with Gasteiger partial charge in [0.25, 0.3) is 0 Å². The van der Waals surface area contributed by atoms with Crippen LogP contribution in [0.3, 0.4) is 0 Å². The number of carbonyl (C=O) groups excluding carboxylic acids is 2. The number of nitrogens with one attached hydrogen (secondary N) is 1. The minimum absolute atomic E-state index is 0.0274. The van der Waals surface area contributed by atoms with Crippen molar-refractivity contribution in [2.75, 3.05) is 23.9 Å². The number of ether oxygens (including phenoxy) is 1. The highest BCUT2D eigenvalue weighted by atomic mass is 19.4. The van der Waals surface area contributed by atoms with Crippen LogP contribution in [-0.4, -0.2) is 25.5 Å². The second kappa shape index (κ2) is 8.38. The van der Waals surface area contributed by atoms with Crippen molar-refractivity contribution in [3.63, 3.8) is 0 Å². The Morgan fingerprint density at radius 3 is 2.48 bits per heavy atom. The van der Waals surface area contributed by atoms with E-state index in [4.69, 9.17) is 4.74 Å². The Kier molecular flexibility index (Phi) is 5.91. The van der Waals surface area contributed by atoms with Crippen molar-refractivity contribution in [2.24, 2.45) is 0 Å². The minimum Gasteiger partial charge on any atom is -0.494 e. The molecule has 1 heterocycles. The van der Waals surface area contributed by atoms with E-state index < -0.39 is 17.6 Å². The molecule has 8 heteroatoms. The summed E-state index contributed by atoms with van der Waals surface area (Å²) in [6.45, 7) is 0.622. The molecule has 5 nitrogen and oxygen atoms in total. The SMILES string of the molecule is COc1cc(NC(=O)/C=C/c2ccc(C(F)(F)F)cc2)ccc1N1CCCC1=O. The number of anilines is 2. The van der Waals surface area contributed by atoms with Gasteiger partial charge >= 0.3 is 6.18 Å². The fourth-order valence-electron chi connectivity index (χ4n) is 3.02. The van der Waals surface area contributed by atoms with Crippen molar-refractivity contribution in [3.8, 4) is 5.75 Å². The highest BCUT2D eigenvalue weighted by Gasteiger charge is 2.29. The van der Waals surface area contributed by atoms with Crippen LogP contribution in [0.15, 0.2) is 48.5 Å². The Bertz CT molecular complexity index is 937. The van der Waals surface area contributed by atoms with Crippen molar-refractivity contribution < 1.29 is 27.5 Å². The van der Waals surface area contributed by atoms with E-state index in [1.807, 2.05) is 0 Å². The van der Waals surface area contributed by atoms with E-state index in [2.05, 4.69) is 5.32 Å². The van der Waals surface area contributed by atoms with Gasteiger partial charge in [0, 0.05) is 30.8 Å². The predicted octanol–water partition coefficient (Wildman–Crippen LogP) is 4.49. The Balaban J connectivity index is 1.67.